The van der Waals surface area contributed by atoms with Crippen LogP contribution in [-0.4, -0.2) is 38.6 Å². The van der Waals surface area contributed by atoms with E-state index in [1.54, 1.807) is 7.11 Å². The van der Waals surface area contributed by atoms with Crippen molar-refractivity contribution in [2.75, 3.05) is 27.7 Å². The largest absolute Gasteiger partial charge is 0.496 e. The summed E-state index contributed by atoms with van der Waals surface area (Å²) >= 11 is 5.98. The summed E-state index contributed by atoms with van der Waals surface area (Å²) in [5.41, 5.74) is 1.71. The van der Waals surface area contributed by atoms with Gasteiger partial charge in [0.1, 0.15) is 5.75 Å². The first kappa shape index (κ1) is 18.7. The van der Waals surface area contributed by atoms with Gasteiger partial charge in [0, 0.05) is 17.1 Å². The van der Waals surface area contributed by atoms with E-state index in [1.165, 1.54) is 0 Å². The van der Waals surface area contributed by atoms with Gasteiger partial charge in [-0.15, -0.1) is 0 Å². The fourth-order valence-corrected chi connectivity index (χ4v) is 3.54. The Morgan fingerprint density at radius 3 is 2.42 bits per heavy atom. The highest BCUT2D eigenvalue weighted by Gasteiger charge is 2.51. The van der Waals surface area contributed by atoms with Crippen molar-refractivity contribution in [3.8, 4) is 5.75 Å². The van der Waals surface area contributed by atoms with Gasteiger partial charge >= 0.3 is 0 Å². The zero-order valence-electron chi connectivity index (χ0n) is 15.5. The highest BCUT2D eigenvalue weighted by molar-refractivity contribution is 6.30. The topological polar surface area (TPSA) is 41.6 Å². The van der Waals surface area contributed by atoms with E-state index in [-0.39, 0.29) is 11.9 Å². The van der Waals surface area contributed by atoms with E-state index >= 15 is 0 Å². The Labute approximate surface area is 160 Å². The quantitative estimate of drug-likeness (QED) is 0.803. The Balaban J connectivity index is 1.73. The molecule has 3 rings (SSSR count). The predicted octanol–water partition coefficient (Wildman–Crippen LogP) is 3.80. The molecule has 1 amide bonds. The molecule has 0 aliphatic heterocycles. The van der Waals surface area contributed by atoms with Crippen LogP contribution in [0.15, 0.2) is 48.5 Å². The molecule has 1 atom stereocenters. The summed E-state index contributed by atoms with van der Waals surface area (Å²) in [5, 5.41) is 3.85. The minimum atomic E-state index is -0.401. The van der Waals surface area contributed by atoms with E-state index in [9.17, 15) is 4.79 Å². The summed E-state index contributed by atoms with van der Waals surface area (Å²) in [6, 6.07) is 15.6. The summed E-state index contributed by atoms with van der Waals surface area (Å²) in [5.74, 6) is 0.917. The monoisotopic (exact) mass is 372 g/mol. The highest BCUT2D eigenvalue weighted by Crippen LogP contribution is 2.48. The first-order valence-corrected chi connectivity index (χ1v) is 9.19. The molecule has 5 heteroatoms. The molecule has 1 aliphatic rings. The van der Waals surface area contributed by atoms with E-state index < -0.39 is 5.41 Å². The van der Waals surface area contributed by atoms with Gasteiger partial charge in [0.25, 0.3) is 0 Å². The summed E-state index contributed by atoms with van der Waals surface area (Å²) in [6.07, 6.45) is 1.75. The number of likely N-dealkylation sites (N-methyl/N-ethyl adjacent to an activating group) is 1. The molecule has 1 fully saturated rings. The fraction of sp³-hybridized carbons (Fsp3) is 0.381. The lowest BCUT2D eigenvalue weighted by Gasteiger charge is -2.27. The number of para-hydroxylation sites is 1. The third kappa shape index (κ3) is 3.71. The van der Waals surface area contributed by atoms with Crippen molar-refractivity contribution in [2.45, 2.75) is 24.3 Å². The van der Waals surface area contributed by atoms with Gasteiger partial charge in [-0.05, 0) is 50.7 Å². The molecule has 2 aromatic carbocycles. The second kappa shape index (κ2) is 7.68. The lowest BCUT2D eigenvalue weighted by molar-refractivity contribution is -0.123. The van der Waals surface area contributed by atoms with Crippen LogP contribution in [0.3, 0.4) is 0 Å². The van der Waals surface area contributed by atoms with E-state index in [2.05, 4.69) is 10.2 Å². The van der Waals surface area contributed by atoms with Gasteiger partial charge in [-0.1, -0.05) is 41.9 Å². The molecule has 138 valence electrons. The second-order valence-electron chi connectivity index (χ2n) is 7.02. The maximum absolute atomic E-state index is 12.9. The molecular weight excluding hydrogens is 348 g/mol. The van der Waals surface area contributed by atoms with Crippen molar-refractivity contribution in [2.24, 2.45) is 0 Å². The van der Waals surface area contributed by atoms with Crippen molar-refractivity contribution in [1.82, 2.24) is 10.2 Å². The zero-order chi connectivity index (χ0) is 18.7. The van der Waals surface area contributed by atoms with Gasteiger partial charge in [-0.2, -0.15) is 0 Å². The fourth-order valence-electron chi connectivity index (χ4n) is 3.41. The molecule has 0 radical (unpaired) electrons. The molecule has 2 aromatic rings. The van der Waals surface area contributed by atoms with Crippen LogP contribution in [0.5, 0.6) is 5.75 Å². The number of amides is 1. The number of nitrogens with one attached hydrogen (secondary N) is 1. The Morgan fingerprint density at radius 2 is 1.85 bits per heavy atom. The Hall–Kier alpha value is -2.04. The maximum Gasteiger partial charge on any atom is 0.230 e. The van der Waals surface area contributed by atoms with Crippen LogP contribution >= 0.6 is 11.6 Å². The summed E-state index contributed by atoms with van der Waals surface area (Å²) < 4.78 is 5.49. The third-order valence-electron chi connectivity index (χ3n) is 5.16. The van der Waals surface area contributed by atoms with Crippen LogP contribution in [0.25, 0.3) is 0 Å². The smallest absolute Gasteiger partial charge is 0.230 e. The van der Waals surface area contributed by atoms with Crippen molar-refractivity contribution in [1.29, 1.82) is 0 Å². The summed E-state index contributed by atoms with van der Waals surface area (Å²) in [7, 11) is 5.69. The first-order valence-electron chi connectivity index (χ1n) is 8.81. The number of ether oxygens (including phenoxy) is 1. The average molecular weight is 373 g/mol. The van der Waals surface area contributed by atoms with Gasteiger partial charge in [-0.3, -0.25) is 4.79 Å². The van der Waals surface area contributed by atoms with Gasteiger partial charge < -0.3 is 15.0 Å². The maximum atomic E-state index is 12.9. The van der Waals surface area contributed by atoms with Gasteiger partial charge in [0.2, 0.25) is 5.91 Å². The van der Waals surface area contributed by atoms with Crippen molar-refractivity contribution in [3.63, 3.8) is 0 Å². The van der Waals surface area contributed by atoms with Crippen LogP contribution in [-0.2, 0) is 10.2 Å². The number of hydrogen-bond donors (Lipinski definition) is 1. The number of halogens is 1. The Bertz CT molecular complexity index is 770. The van der Waals surface area contributed by atoms with Gasteiger partial charge in [-0.25, -0.2) is 0 Å². The molecule has 0 bridgehead atoms. The van der Waals surface area contributed by atoms with Crippen LogP contribution in [0, 0.1) is 0 Å². The Kier molecular flexibility index (Phi) is 5.54. The van der Waals surface area contributed by atoms with Crippen LogP contribution in [0.2, 0.25) is 5.02 Å². The predicted molar refractivity (Wildman–Crippen MR) is 105 cm³/mol. The number of carbonyl (C=O) groups is 1. The molecule has 0 spiro atoms. The second-order valence-corrected chi connectivity index (χ2v) is 7.46. The van der Waals surface area contributed by atoms with Crippen molar-refractivity contribution in [3.05, 3.63) is 64.7 Å². The number of carbonyl (C=O) groups excluding carboxylic acids is 1. The normalized spacial score (nSPS) is 16.2. The van der Waals surface area contributed by atoms with Crippen LogP contribution in [0.4, 0.5) is 0 Å². The third-order valence-corrected chi connectivity index (χ3v) is 5.41. The van der Waals surface area contributed by atoms with Gasteiger partial charge in [0.15, 0.2) is 0 Å². The lowest BCUT2D eigenvalue weighted by Crippen LogP contribution is -2.40. The Morgan fingerprint density at radius 1 is 1.19 bits per heavy atom. The SMILES string of the molecule is COc1ccccc1C(CNC(=O)C1(c2ccc(Cl)cc2)CC1)N(C)C. The molecule has 4 nitrogen and oxygen atoms in total. The number of nitrogens with zero attached hydrogens (tertiary/aromatic N) is 1. The minimum absolute atomic E-state index is 0.0381. The van der Waals surface area contributed by atoms with E-state index in [0.717, 1.165) is 29.7 Å². The van der Waals surface area contributed by atoms with E-state index in [1.807, 2.05) is 62.6 Å². The first-order chi connectivity index (χ1) is 12.5. The van der Waals surface area contributed by atoms with E-state index in [0.29, 0.717) is 11.6 Å². The van der Waals surface area contributed by atoms with Crippen LogP contribution in [0.1, 0.15) is 30.0 Å². The number of rotatable bonds is 7. The summed E-state index contributed by atoms with van der Waals surface area (Å²) in [4.78, 5) is 15.0. The lowest BCUT2D eigenvalue weighted by atomic mass is 9.94. The molecule has 1 unspecified atom stereocenters. The highest BCUT2D eigenvalue weighted by atomic mass is 35.5. The van der Waals surface area contributed by atoms with Crippen LogP contribution < -0.4 is 10.1 Å². The van der Waals surface area contributed by atoms with Crippen molar-refractivity contribution < 1.29 is 9.53 Å². The molecule has 1 N–H and O–H groups in total. The zero-order valence-corrected chi connectivity index (χ0v) is 16.2. The molecule has 1 saturated carbocycles. The van der Waals surface area contributed by atoms with E-state index in [4.69, 9.17) is 16.3 Å². The number of hydrogen-bond acceptors (Lipinski definition) is 3. The average Bonchev–Trinajstić information content (AvgIpc) is 3.44. The molecule has 0 heterocycles. The molecule has 0 saturated heterocycles. The minimum Gasteiger partial charge on any atom is -0.496 e. The van der Waals surface area contributed by atoms with Crippen molar-refractivity contribution >= 4 is 17.5 Å². The molecule has 0 aromatic heterocycles. The molecule has 26 heavy (non-hydrogen) atoms. The molecule has 1 aliphatic carbocycles. The summed E-state index contributed by atoms with van der Waals surface area (Å²) in [6.45, 7) is 0.529. The van der Waals surface area contributed by atoms with Gasteiger partial charge in [0.05, 0.1) is 18.6 Å². The standard InChI is InChI=1S/C21H25ClN2O2/c1-24(2)18(17-6-4-5-7-19(17)26-3)14-23-20(25)21(12-13-21)15-8-10-16(22)11-9-15/h4-11,18H,12-14H2,1-3H3,(H,23,25). The number of methoxy groups -OCH3 is 1. The molecular formula is C21H25ClN2O2. The number of benzene rings is 2.